The van der Waals surface area contributed by atoms with Crippen molar-refractivity contribution in [3.63, 3.8) is 0 Å². The third-order valence-electron chi connectivity index (χ3n) is 2.82. The van der Waals surface area contributed by atoms with Gasteiger partial charge in [-0.2, -0.15) is 0 Å². The number of aromatic nitrogens is 1. The Morgan fingerprint density at radius 3 is 2.79 bits per heavy atom. The summed E-state index contributed by atoms with van der Waals surface area (Å²) >= 11 is 4.89. The third kappa shape index (κ3) is 3.06. The predicted octanol–water partition coefficient (Wildman–Crippen LogP) is 3.03. The second-order valence-corrected chi connectivity index (χ2v) is 4.62. The molecule has 0 aliphatic carbocycles. The number of anilines is 1. The quantitative estimate of drug-likeness (QED) is 0.842. The standard InChI is InChI=1S/C14H14FN3S/c1-9(10-4-3-7-17-8-10)18-12-6-2-5-11(15)13(12)14(16)19/h2-9,18H,1H3,(H2,16,19). The van der Waals surface area contributed by atoms with Gasteiger partial charge in [0.2, 0.25) is 0 Å². The van der Waals surface area contributed by atoms with E-state index >= 15 is 0 Å². The molecule has 0 aliphatic heterocycles. The van der Waals surface area contributed by atoms with E-state index < -0.39 is 5.82 Å². The summed E-state index contributed by atoms with van der Waals surface area (Å²) in [6.45, 7) is 1.96. The molecule has 3 N–H and O–H groups in total. The summed E-state index contributed by atoms with van der Waals surface area (Å²) in [5, 5.41) is 3.20. The van der Waals surface area contributed by atoms with Gasteiger partial charge in [-0.3, -0.25) is 4.98 Å². The lowest BCUT2D eigenvalue weighted by molar-refractivity contribution is 0.625. The van der Waals surface area contributed by atoms with Crippen molar-refractivity contribution in [1.29, 1.82) is 0 Å². The maximum absolute atomic E-state index is 13.7. The molecule has 1 aromatic carbocycles. The number of rotatable bonds is 4. The van der Waals surface area contributed by atoms with Crippen molar-refractivity contribution in [3.8, 4) is 0 Å². The van der Waals surface area contributed by atoms with Gasteiger partial charge >= 0.3 is 0 Å². The van der Waals surface area contributed by atoms with Gasteiger partial charge in [0.05, 0.1) is 11.6 Å². The van der Waals surface area contributed by atoms with Crippen LogP contribution < -0.4 is 11.1 Å². The maximum atomic E-state index is 13.7. The Labute approximate surface area is 116 Å². The Hall–Kier alpha value is -2.01. The van der Waals surface area contributed by atoms with Crippen molar-refractivity contribution in [2.45, 2.75) is 13.0 Å². The second kappa shape index (κ2) is 5.75. The van der Waals surface area contributed by atoms with Crippen molar-refractivity contribution in [3.05, 3.63) is 59.7 Å². The van der Waals surface area contributed by atoms with Gasteiger partial charge in [0, 0.05) is 18.1 Å². The molecule has 0 fully saturated rings. The van der Waals surface area contributed by atoms with E-state index in [2.05, 4.69) is 10.3 Å². The summed E-state index contributed by atoms with van der Waals surface area (Å²) in [7, 11) is 0. The lowest BCUT2D eigenvalue weighted by atomic mass is 10.1. The smallest absolute Gasteiger partial charge is 0.135 e. The van der Waals surface area contributed by atoms with E-state index in [4.69, 9.17) is 18.0 Å². The van der Waals surface area contributed by atoms with Crippen LogP contribution in [0.5, 0.6) is 0 Å². The molecule has 0 saturated carbocycles. The molecule has 1 unspecified atom stereocenters. The minimum atomic E-state index is -0.420. The zero-order valence-electron chi connectivity index (χ0n) is 10.4. The van der Waals surface area contributed by atoms with Crippen LogP contribution in [-0.2, 0) is 0 Å². The molecule has 1 atom stereocenters. The SMILES string of the molecule is CC(Nc1cccc(F)c1C(N)=S)c1cccnc1. The van der Waals surface area contributed by atoms with Gasteiger partial charge in [0.15, 0.2) is 0 Å². The molecular formula is C14H14FN3S. The van der Waals surface area contributed by atoms with Crippen molar-refractivity contribution in [2.75, 3.05) is 5.32 Å². The molecule has 2 aromatic rings. The van der Waals surface area contributed by atoms with Crippen molar-refractivity contribution in [2.24, 2.45) is 5.73 Å². The molecule has 19 heavy (non-hydrogen) atoms. The zero-order chi connectivity index (χ0) is 13.8. The molecule has 1 aromatic heterocycles. The molecule has 0 spiro atoms. The van der Waals surface area contributed by atoms with E-state index in [9.17, 15) is 4.39 Å². The van der Waals surface area contributed by atoms with E-state index in [-0.39, 0.29) is 16.6 Å². The predicted molar refractivity (Wildman–Crippen MR) is 78.6 cm³/mol. The number of hydrogen-bond donors (Lipinski definition) is 2. The fourth-order valence-corrected chi connectivity index (χ4v) is 2.05. The highest BCUT2D eigenvalue weighted by Crippen LogP contribution is 2.24. The van der Waals surface area contributed by atoms with Crippen LogP contribution in [0.1, 0.15) is 24.1 Å². The first-order valence-corrected chi connectivity index (χ1v) is 6.25. The number of thiocarbonyl (C=S) groups is 1. The van der Waals surface area contributed by atoms with Gasteiger partial charge in [-0.25, -0.2) is 4.39 Å². The summed E-state index contributed by atoms with van der Waals surface area (Å²) in [5.74, 6) is -0.420. The van der Waals surface area contributed by atoms with Crippen LogP contribution >= 0.6 is 12.2 Å². The molecule has 3 nitrogen and oxygen atoms in total. The lowest BCUT2D eigenvalue weighted by Gasteiger charge is -2.18. The number of hydrogen-bond acceptors (Lipinski definition) is 3. The number of nitrogens with two attached hydrogens (primary N) is 1. The number of benzene rings is 1. The number of pyridine rings is 1. The number of halogens is 1. The van der Waals surface area contributed by atoms with Gasteiger partial charge in [-0.05, 0) is 30.7 Å². The van der Waals surface area contributed by atoms with E-state index in [1.165, 1.54) is 6.07 Å². The normalized spacial score (nSPS) is 11.9. The molecule has 0 amide bonds. The summed E-state index contributed by atoms with van der Waals surface area (Å²) in [4.78, 5) is 4.10. The van der Waals surface area contributed by atoms with Gasteiger partial charge in [0.25, 0.3) is 0 Å². The topological polar surface area (TPSA) is 50.9 Å². The van der Waals surface area contributed by atoms with Crippen LogP contribution in [0.4, 0.5) is 10.1 Å². The van der Waals surface area contributed by atoms with Gasteiger partial charge in [-0.15, -0.1) is 0 Å². The lowest BCUT2D eigenvalue weighted by Crippen LogP contribution is -2.17. The Balaban J connectivity index is 2.29. The Morgan fingerprint density at radius 2 is 2.16 bits per heavy atom. The summed E-state index contributed by atoms with van der Waals surface area (Å²) in [6, 6.07) is 8.50. The first-order valence-electron chi connectivity index (χ1n) is 5.84. The molecular weight excluding hydrogens is 261 g/mol. The molecule has 0 aliphatic rings. The van der Waals surface area contributed by atoms with Gasteiger partial charge in [-0.1, -0.05) is 24.4 Å². The minimum absolute atomic E-state index is 0.0244. The molecule has 98 valence electrons. The Bertz CT molecular complexity index is 586. The van der Waals surface area contributed by atoms with Crippen LogP contribution in [0, 0.1) is 5.82 Å². The van der Waals surface area contributed by atoms with E-state index in [0.29, 0.717) is 5.69 Å². The fourth-order valence-electron chi connectivity index (χ4n) is 1.84. The Kier molecular flexibility index (Phi) is 4.06. The molecule has 0 bridgehead atoms. The molecule has 2 rings (SSSR count). The van der Waals surface area contributed by atoms with Crippen LogP contribution in [-0.4, -0.2) is 9.97 Å². The van der Waals surface area contributed by atoms with Crippen LogP contribution in [0.3, 0.4) is 0 Å². The third-order valence-corrected chi connectivity index (χ3v) is 3.02. The monoisotopic (exact) mass is 275 g/mol. The average molecular weight is 275 g/mol. The summed E-state index contributed by atoms with van der Waals surface area (Å²) < 4.78 is 13.7. The van der Waals surface area contributed by atoms with Crippen LogP contribution in [0.25, 0.3) is 0 Å². The van der Waals surface area contributed by atoms with Crippen molar-refractivity contribution in [1.82, 2.24) is 4.98 Å². The first kappa shape index (κ1) is 13.4. The Morgan fingerprint density at radius 1 is 1.37 bits per heavy atom. The highest BCUT2D eigenvalue weighted by atomic mass is 32.1. The molecule has 5 heteroatoms. The van der Waals surface area contributed by atoms with Gasteiger partial charge < -0.3 is 11.1 Å². The minimum Gasteiger partial charge on any atom is -0.389 e. The highest BCUT2D eigenvalue weighted by Gasteiger charge is 2.13. The van der Waals surface area contributed by atoms with Gasteiger partial charge in [0.1, 0.15) is 10.8 Å². The van der Waals surface area contributed by atoms with Crippen molar-refractivity contribution < 1.29 is 4.39 Å². The summed E-state index contributed by atoms with van der Waals surface area (Å²) in [6.07, 6.45) is 3.47. The first-order chi connectivity index (χ1) is 9.09. The molecule has 1 heterocycles. The summed E-state index contributed by atoms with van der Waals surface area (Å²) in [5.41, 5.74) is 7.40. The van der Waals surface area contributed by atoms with Crippen molar-refractivity contribution >= 4 is 22.9 Å². The fraction of sp³-hybridized carbons (Fsp3) is 0.143. The van der Waals surface area contributed by atoms with Crippen LogP contribution in [0.2, 0.25) is 0 Å². The van der Waals surface area contributed by atoms with E-state index in [1.54, 1.807) is 24.5 Å². The molecule has 0 saturated heterocycles. The van der Waals surface area contributed by atoms with Crippen LogP contribution in [0.15, 0.2) is 42.7 Å². The molecule has 0 radical (unpaired) electrons. The largest absolute Gasteiger partial charge is 0.389 e. The zero-order valence-corrected chi connectivity index (χ0v) is 11.2. The number of nitrogens with one attached hydrogen (secondary N) is 1. The van der Waals surface area contributed by atoms with E-state index in [0.717, 1.165) is 5.56 Å². The van der Waals surface area contributed by atoms with E-state index in [1.807, 2.05) is 19.1 Å². The number of nitrogens with zero attached hydrogens (tertiary/aromatic N) is 1. The maximum Gasteiger partial charge on any atom is 0.135 e. The second-order valence-electron chi connectivity index (χ2n) is 4.18. The average Bonchev–Trinajstić information content (AvgIpc) is 2.39. The highest BCUT2D eigenvalue weighted by molar-refractivity contribution is 7.80.